The molecule has 0 N–H and O–H groups in total. The molecule has 0 amide bonds. The van der Waals surface area contributed by atoms with Crippen molar-refractivity contribution < 1.29 is 4.74 Å². The summed E-state index contributed by atoms with van der Waals surface area (Å²) in [6.07, 6.45) is 13.0. The zero-order valence-corrected chi connectivity index (χ0v) is 17.0. The summed E-state index contributed by atoms with van der Waals surface area (Å²) in [5.74, 6) is 1.12. The van der Waals surface area contributed by atoms with E-state index < -0.39 is 10.0 Å². The molecule has 0 aliphatic carbocycles. The third-order valence-corrected chi connectivity index (χ3v) is 5.84. The van der Waals surface area contributed by atoms with Crippen LogP contribution in [0.2, 0.25) is 0 Å². The summed E-state index contributed by atoms with van der Waals surface area (Å²) in [6.45, 7) is 1.29. The number of hydrogen-bond donors (Lipinski definition) is 0. The Bertz CT molecular complexity index is 848. The molecule has 0 saturated heterocycles. The van der Waals surface area contributed by atoms with E-state index >= 15 is 0 Å². The van der Waals surface area contributed by atoms with Crippen LogP contribution in [0.15, 0.2) is 41.3 Å². The van der Waals surface area contributed by atoms with Gasteiger partial charge in [-0.15, -0.1) is 0 Å². The SMILES string of the molecule is Cn1cc(-c2cnn(COCCS(C)(C)C)c2)c2cc(Br)ccc21. The molecule has 130 valence electrons. The minimum atomic E-state index is -0.504. The van der Waals surface area contributed by atoms with Crippen LogP contribution in [0.25, 0.3) is 22.0 Å². The maximum Gasteiger partial charge on any atom is 0.139 e. The number of nitrogens with zero attached hydrogens (tertiary/aromatic N) is 3. The van der Waals surface area contributed by atoms with Crippen LogP contribution in [0.1, 0.15) is 0 Å². The van der Waals surface area contributed by atoms with Crippen molar-refractivity contribution in [2.24, 2.45) is 7.05 Å². The average Bonchev–Trinajstić information content (AvgIpc) is 3.07. The van der Waals surface area contributed by atoms with Gasteiger partial charge in [-0.1, -0.05) is 15.9 Å². The number of rotatable bonds is 6. The second-order valence-corrected chi connectivity index (χ2v) is 12.4. The van der Waals surface area contributed by atoms with Crippen LogP contribution in [0.5, 0.6) is 0 Å². The number of hydrogen-bond acceptors (Lipinski definition) is 2. The van der Waals surface area contributed by atoms with E-state index in [4.69, 9.17) is 4.74 Å². The summed E-state index contributed by atoms with van der Waals surface area (Å²) < 4.78 is 10.9. The van der Waals surface area contributed by atoms with E-state index in [9.17, 15) is 0 Å². The van der Waals surface area contributed by atoms with E-state index in [1.54, 1.807) is 0 Å². The topological polar surface area (TPSA) is 32.0 Å². The Hall–Kier alpha value is -1.24. The molecule has 4 nitrogen and oxygen atoms in total. The Morgan fingerprint density at radius 3 is 2.75 bits per heavy atom. The highest BCUT2D eigenvalue weighted by Gasteiger charge is 2.11. The van der Waals surface area contributed by atoms with Crippen molar-refractivity contribution in [1.82, 2.24) is 14.3 Å². The van der Waals surface area contributed by atoms with Crippen molar-refractivity contribution in [2.75, 3.05) is 31.1 Å². The van der Waals surface area contributed by atoms with Gasteiger partial charge in [0, 0.05) is 51.7 Å². The number of halogens is 1. The monoisotopic (exact) mass is 409 g/mol. The van der Waals surface area contributed by atoms with Crippen molar-refractivity contribution in [3.8, 4) is 11.1 Å². The Morgan fingerprint density at radius 1 is 1.21 bits per heavy atom. The molecule has 3 rings (SSSR count). The van der Waals surface area contributed by atoms with E-state index in [0.29, 0.717) is 6.73 Å². The van der Waals surface area contributed by atoms with E-state index in [0.717, 1.165) is 22.4 Å². The predicted molar refractivity (Wildman–Crippen MR) is 108 cm³/mol. The van der Waals surface area contributed by atoms with E-state index in [1.807, 2.05) is 10.9 Å². The fourth-order valence-corrected chi connectivity index (χ4v) is 3.61. The van der Waals surface area contributed by atoms with Crippen LogP contribution in [0, 0.1) is 0 Å². The second kappa shape index (κ2) is 6.94. The number of benzene rings is 1. The molecule has 24 heavy (non-hydrogen) atoms. The molecule has 0 aliphatic heterocycles. The first-order valence-corrected chi connectivity index (χ1v) is 11.7. The molecule has 2 heterocycles. The molecule has 6 heteroatoms. The van der Waals surface area contributed by atoms with Crippen LogP contribution < -0.4 is 0 Å². The summed E-state index contributed by atoms with van der Waals surface area (Å²) in [6, 6.07) is 6.36. The van der Waals surface area contributed by atoms with Crippen molar-refractivity contribution >= 4 is 36.9 Å². The Morgan fingerprint density at radius 2 is 2.00 bits per heavy atom. The van der Waals surface area contributed by atoms with Gasteiger partial charge in [0.2, 0.25) is 0 Å². The Labute approximate surface area is 153 Å². The third kappa shape index (κ3) is 4.05. The first-order chi connectivity index (χ1) is 11.3. The Kier molecular flexibility index (Phi) is 5.08. The van der Waals surface area contributed by atoms with Crippen LogP contribution in [-0.4, -0.2) is 45.5 Å². The second-order valence-electron chi connectivity index (χ2n) is 6.92. The minimum absolute atomic E-state index is 0.504. The van der Waals surface area contributed by atoms with Gasteiger partial charge in [0.1, 0.15) is 6.73 Å². The molecule has 2 aromatic heterocycles. The number of ether oxygens (including phenoxy) is 1. The summed E-state index contributed by atoms with van der Waals surface area (Å²) in [5, 5.41) is 5.67. The molecular weight excluding hydrogens is 386 g/mol. The van der Waals surface area contributed by atoms with Crippen LogP contribution in [0.4, 0.5) is 0 Å². The lowest BCUT2D eigenvalue weighted by Gasteiger charge is -2.24. The smallest absolute Gasteiger partial charge is 0.139 e. The third-order valence-electron chi connectivity index (χ3n) is 3.96. The Balaban J connectivity index is 1.75. The van der Waals surface area contributed by atoms with Gasteiger partial charge in [-0.3, -0.25) is 0 Å². The van der Waals surface area contributed by atoms with E-state index in [-0.39, 0.29) is 0 Å². The molecule has 0 unspecified atom stereocenters. The first-order valence-electron chi connectivity index (χ1n) is 7.85. The molecule has 0 radical (unpaired) electrons. The summed E-state index contributed by atoms with van der Waals surface area (Å²) in [4.78, 5) is 0. The maximum absolute atomic E-state index is 5.77. The lowest BCUT2D eigenvalue weighted by Crippen LogP contribution is -2.10. The van der Waals surface area contributed by atoms with Gasteiger partial charge in [0.05, 0.1) is 12.8 Å². The molecule has 0 fully saturated rings. The van der Waals surface area contributed by atoms with Crippen LogP contribution >= 0.6 is 26.0 Å². The number of aryl methyl sites for hydroxylation is 1. The standard InChI is InChI=1S/C18H24BrN3OS/c1-21-12-17(16-9-15(19)5-6-18(16)21)14-10-20-22(11-14)13-23-7-8-24(2,3)4/h5-6,9-12H,7-8,13H2,1-4H3. The van der Waals surface area contributed by atoms with E-state index in [1.165, 1.54) is 16.5 Å². The van der Waals surface area contributed by atoms with Gasteiger partial charge in [-0.2, -0.15) is 5.10 Å². The van der Waals surface area contributed by atoms with E-state index in [2.05, 4.69) is 82.0 Å². The highest BCUT2D eigenvalue weighted by molar-refractivity contribution is 9.10. The van der Waals surface area contributed by atoms with Crippen LogP contribution in [0.3, 0.4) is 0 Å². The average molecular weight is 410 g/mol. The molecule has 1 aromatic carbocycles. The summed E-state index contributed by atoms with van der Waals surface area (Å²) in [5.41, 5.74) is 3.52. The zero-order valence-electron chi connectivity index (χ0n) is 14.6. The van der Waals surface area contributed by atoms with Crippen molar-refractivity contribution in [3.63, 3.8) is 0 Å². The fourth-order valence-electron chi connectivity index (χ4n) is 2.63. The fraction of sp³-hybridized carbons (Fsp3) is 0.389. The van der Waals surface area contributed by atoms with Crippen molar-refractivity contribution in [2.45, 2.75) is 6.73 Å². The molecule has 0 atom stereocenters. The normalized spacial score (nSPS) is 12.9. The van der Waals surface area contributed by atoms with Gasteiger partial charge in [-0.25, -0.2) is 14.7 Å². The predicted octanol–water partition coefficient (Wildman–Crippen LogP) is 4.47. The van der Waals surface area contributed by atoms with Crippen molar-refractivity contribution in [3.05, 3.63) is 41.3 Å². The van der Waals surface area contributed by atoms with Gasteiger partial charge in [0.15, 0.2) is 0 Å². The van der Waals surface area contributed by atoms with Gasteiger partial charge in [0.25, 0.3) is 0 Å². The minimum Gasteiger partial charge on any atom is -0.358 e. The number of aromatic nitrogens is 3. The number of fused-ring (bicyclic) bond motifs is 1. The zero-order chi connectivity index (χ0) is 17.3. The molecule has 0 saturated carbocycles. The first kappa shape index (κ1) is 17.6. The highest BCUT2D eigenvalue weighted by Crippen LogP contribution is 2.34. The lowest BCUT2D eigenvalue weighted by molar-refractivity contribution is 0.0809. The molecule has 0 bridgehead atoms. The van der Waals surface area contributed by atoms with Crippen LogP contribution in [-0.2, 0) is 18.5 Å². The maximum atomic E-state index is 5.77. The van der Waals surface area contributed by atoms with Gasteiger partial charge in [-0.05, 0) is 37.0 Å². The molecule has 0 aliphatic rings. The molecule has 3 aromatic rings. The van der Waals surface area contributed by atoms with Gasteiger partial charge < -0.3 is 9.30 Å². The highest BCUT2D eigenvalue weighted by atomic mass is 79.9. The quantitative estimate of drug-likeness (QED) is 0.562. The van der Waals surface area contributed by atoms with Gasteiger partial charge >= 0.3 is 0 Å². The summed E-state index contributed by atoms with van der Waals surface area (Å²) >= 11 is 3.56. The molecule has 0 spiro atoms. The largest absolute Gasteiger partial charge is 0.358 e. The molecular formula is C18H24BrN3OS. The van der Waals surface area contributed by atoms with Crippen molar-refractivity contribution in [1.29, 1.82) is 0 Å². The lowest BCUT2D eigenvalue weighted by atomic mass is 10.1. The summed E-state index contributed by atoms with van der Waals surface area (Å²) in [7, 11) is 1.57.